The van der Waals surface area contributed by atoms with E-state index in [-0.39, 0.29) is 5.92 Å². The lowest BCUT2D eigenvalue weighted by atomic mass is 9.91. The molecule has 0 saturated carbocycles. The van der Waals surface area contributed by atoms with Crippen molar-refractivity contribution in [3.63, 3.8) is 0 Å². The number of benzene rings is 1. The summed E-state index contributed by atoms with van der Waals surface area (Å²) in [6, 6.07) is 9.68. The molecule has 3 rings (SSSR count). The quantitative estimate of drug-likeness (QED) is 0.937. The third kappa shape index (κ3) is 2.44. The molecule has 0 saturated heterocycles. The number of nitrogens with zero attached hydrogens (tertiary/aromatic N) is 1. The Morgan fingerprint density at radius 1 is 1.37 bits per heavy atom. The smallest absolute Gasteiger partial charge is 0.123 e. The van der Waals surface area contributed by atoms with Crippen LogP contribution >= 0.6 is 11.6 Å². The molecule has 2 unspecified atom stereocenters. The van der Waals surface area contributed by atoms with Gasteiger partial charge in [0.25, 0.3) is 0 Å². The van der Waals surface area contributed by atoms with Crippen molar-refractivity contribution in [2.45, 2.75) is 18.4 Å². The number of pyridine rings is 1. The Bertz CT molecular complexity index is 588. The first kappa shape index (κ1) is 12.5. The summed E-state index contributed by atoms with van der Waals surface area (Å²) < 4.78 is 5.59. The van der Waals surface area contributed by atoms with Crippen LogP contribution in [0, 0.1) is 0 Å². The predicted octanol–water partition coefficient (Wildman–Crippen LogP) is 2.81. The van der Waals surface area contributed by atoms with Gasteiger partial charge in [0.2, 0.25) is 0 Å². The van der Waals surface area contributed by atoms with Crippen molar-refractivity contribution in [2.75, 3.05) is 6.61 Å². The van der Waals surface area contributed by atoms with Crippen LogP contribution in [0.15, 0.2) is 42.7 Å². The minimum Gasteiger partial charge on any atom is -0.493 e. The predicted molar refractivity (Wildman–Crippen MR) is 73.6 cm³/mol. The zero-order valence-electron chi connectivity index (χ0n) is 10.3. The molecule has 1 aliphatic rings. The number of aliphatic hydroxyl groups excluding tert-OH is 1. The maximum atomic E-state index is 10.4. The van der Waals surface area contributed by atoms with Gasteiger partial charge in [0.15, 0.2) is 0 Å². The number of aliphatic hydroxyl groups is 1. The fourth-order valence-corrected chi connectivity index (χ4v) is 2.64. The molecule has 0 aliphatic carbocycles. The van der Waals surface area contributed by atoms with Crippen molar-refractivity contribution in [3.05, 3.63) is 58.9 Å². The lowest BCUT2D eigenvalue weighted by Gasteiger charge is -2.17. The lowest BCUT2D eigenvalue weighted by Crippen LogP contribution is -2.22. The molecule has 0 fully saturated rings. The molecule has 0 amide bonds. The van der Waals surface area contributed by atoms with Crippen LogP contribution in [0.2, 0.25) is 5.02 Å². The molecule has 1 N–H and O–H groups in total. The first-order valence-corrected chi connectivity index (χ1v) is 6.61. The van der Waals surface area contributed by atoms with E-state index in [0.29, 0.717) is 18.1 Å². The van der Waals surface area contributed by atoms with Crippen LogP contribution in [0.1, 0.15) is 17.0 Å². The van der Waals surface area contributed by atoms with E-state index in [1.807, 2.05) is 30.3 Å². The molecule has 0 spiro atoms. The summed E-state index contributed by atoms with van der Waals surface area (Å²) >= 11 is 6.07. The molecular weight excluding hydrogens is 262 g/mol. The van der Waals surface area contributed by atoms with Crippen LogP contribution in [0.3, 0.4) is 0 Å². The number of rotatable bonds is 3. The van der Waals surface area contributed by atoms with Crippen LogP contribution in [0.25, 0.3) is 0 Å². The fraction of sp³-hybridized carbons (Fsp3) is 0.267. The summed E-state index contributed by atoms with van der Waals surface area (Å²) in [7, 11) is 0. The molecule has 2 atom stereocenters. The topological polar surface area (TPSA) is 42.4 Å². The van der Waals surface area contributed by atoms with E-state index >= 15 is 0 Å². The average Bonchev–Trinajstić information content (AvgIpc) is 2.85. The van der Waals surface area contributed by atoms with Gasteiger partial charge >= 0.3 is 0 Å². The summed E-state index contributed by atoms with van der Waals surface area (Å²) in [6.45, 7) is 0.517. The molecule has 19 heavy (non-hydrogen) atoms. The molecule has 4 heteroatoms. The second kappa shape index (κ2) is 5.19. The number of fused-ring (bicyclic) bond motifs is 1. The SMILES string of the molecule is OC(Cc1ccncc1Cl)C1COc2ccccc21. The maximum Gasteiger partial charge on any atom is 0.123 e. The summed E-state index contributed by atoms with van der Waals surface area (Å²) in [4.78, 5) is 3.95. The highest BCUT2D eigenvalue weighted by Gasteiger charge is 2.30. The number of halogens is 1. The summed E-state index contributed by atoms with van der Waals surface area (Å²) in [5.41, 5.74) is 1.98. The van der Waals surface area contributed by atoms with E-state index in [0.717, 1.165) is 16.9 Å². The van der Waals surface area contributed by atoms with Gasteiger partial charge in [-0.15, -0.1) is 0 Å². The van der Waals surface area contributed by atoms with E-state index in [1.54, 1.807) is 12.4 Å². The second-order valence-electron chi connectivity index (χ2n) is 4.69. The normalized spacial score (nSPS) is 18.7. The summed E-state index contributed by atoms with van der Waals surface area (Å²) in [5, 5.41) is 11.0. The van der Waals surface area contributed by atoms with Crippen molar-refractivity contribution in [1.82, 2.24) is 4.98 Å². The summed E-state index contributed by atoms with van der Waals surface area (Å²) in [6.07, 6.45) is 3.28. The van der Waals surface area contributed by atoms with Gasteiger partial charge in [-0.05, 0) is 17.7 Å². The Morgan fingerprint density at radius 2 is 2.21 bits per heavy atom. The molecule has 3 nitrogen and oxygen atoms in total. The highest BCUT2D eigenvalue weighted by Crippen LogP contribution is 2.36. The van der Waals surface area contributed by atoms with Crippen LogP contribution in [0.4, 0.5) is 0 Å². The molecule has 2 heterocycles. The van der Waals surface area contributed by atoms with Crippen molar-refractivity contribution in [1.29, 1.82) is 0 Å². The van der Waals surface area contributed by atoms with Gasteiger partial charge < -0.3 is 9.84 Å². The third-order valence-electron chi connectivity index (χ3n) is 3.49. The molecule has 0 radical (unpaired) electrons. The average molecular weight is 276 g/mol. The Labute approximate surface area is 116 Å². The molecule has 2 aromatic rings. The van der Waals surface area contributed by atoms with Gasteiger partial charge in [0.1, 0.15) is 5.75 Å². The highest BCUT2D eigenvalue weighted by molar-refractivity contribution is 6.31. The first-order chi connectivity index (χ1) is 9.25. The minimum absolute atomic E-state index is 0.000400. The monoisotopic (exact) mass is 275 g/mol. The molecule has 0 bridgehead atoms. The second-order valence-corrected chi connectivity index (χ2v) is 5.10. The van der Waals surface area contributed by atoms with Crippen LogP contribution < -0.4 is 4.74 Å². The third-order valence-corrected chi connectivity index (χ3v) is 3.83. The van der Waals surface area contributed by atoms with Crippen molar-refractivity contribution in [3.8, 4) is 5.75 Å². The highest BCUT2D eigenvalue weighted by atomic mass is 35.5. The van der Waals surface area contributed by atoms with E-state index in [2.05, 4.69) is 4.98 Å². The Hall–Kier alpha value is -1.58. The summed E-state index contributed by atoms with van der Waals surface area (Å²) in [5.74, 6) is 0.868. The Kier molecular flexibility index (Phi) is 3.40. The minimum atomic E-state index is -0.511. The fourth-order valence-electron chi connectivity index (χ4n) is 2.44. The van der Waals surface area contributed by atoms with Crippen LogP contribution in [-0.2, 0) is 6.42 Å². The van der Waals surface area contributed by atoms with Gasteiger partial charge in [-0.3, -0.25) is 4.98 Å². The van der Waals surface area contributed by atoms with E-state index in [1.165, 1.54) is 0 Å². The molecule has 1 aromatic heterocycles. The van der Waals surface area contributed by atoms with Gasteiger partial charge in [-0.1, -0.05) is 29.8 Å². The van der Waals surface area contributed by atoms with Crippen LogP contribution in [-0.4, -0.2) is 22.8 Å². The van der Waals surface area contributed by atoms with E-state index < -0.39 is 6.10 Å². The number of ether oxygens (including phenoxy) is 1. The maximum absolute atomic E-state index is 10.4. The molecule has 98 valence electrons. The van der Waals surface area contributed by atoms with E-state index in [4.69, 9.17) is 16.3 Å². The standard InChI is InChI=1S/C15H14ClNO2/c16-13-8-17-6-5-10(13)7-14(18)12-9-19-15-4-2-1-3-11(12)15/h1-6,8,12,14,18H,7,9H2. The zero-order valence-corrected chi connectivity index (χ0v) is 11.0. The largest absolute Gasteiger partial charge is 0.493 e. The number of hydrogen-bond acceptors (Lipinski definition) is 3. The van der Waals surface area contributed by atoms with Gasteiger partial charge in [-0.25, -0.2) is 0 Å². The zero-order chi connectivity index (χ0) is 13.2. The van der Waals surface area contributed by atoms with Crippen molar-refractivity contribution in [2.24, 2.45) is 0 Å². The number of hydrogen-bond donors (Lipinski definition) is 1. The van der Waals surface area contributed by atoms with Gasteiger partial charge in [0.05, 0.1) is 17.7 Å². The van der Waals surface area contributed by atoms with Crippen LogP contribution in [0.5, 0.6) is 5.75 Å². The van der Waals surface area contributed by atoms with E-state index in [9.17, 15) is 5.11 Å². The van der Waals surface area contributed by atoms with Crippen molar-refractivity contribution >= 4 is 11.6 Å². The lowest BCUT2D eigenvalue weighted by molar-refractivity contribution is 0.129. The molecule has 1 aliphatic heterocycles. The first-order valence-electron chi connectivity index (χ1n) is 6.24. The Morgan fingerprint density at radius 3 is 3.05 bits per heavy atom. The Balaban J connectivity index is 1.79. The number of aromatic nitrogens is 1. The van der Waals surface area contributed by atoms with Gasteiger partial charge in [0, 0.05) is 30.3 Å². The molecular formula is C15H14ClNO2. The van der Waals surface area contributed by atoms with Gasteiger partial charge in [-0.2, -0.15) is 0 Å². The van der Waals surface area contributed by atoms with Crippen molar-refractivity contribution < 1.29 is 9.84 Å². The number of para-hydroxylation sites is 1. The molecule has 1 aromatic carbocycles.